The molecule has 0 heterocycles. The summed E-state index contributed by atoms with van der Waals surface area (Å²) in [5, 5.41) is 0. The van der Waals surface area contributed by atoms with E-state index in [4.69, 9.17) is 9.47 Å². The summed E-state index contributed by atoms with van der Waals surface area (Å²) in [6, 6.07) is 21.5. The first kappa shape index (κ1) is 18.9. The maximum absolute atomic E-state index is 12.5. The first-order valence-corrected chi connectivity index (χ1v) is 9.69. The minimum absolute atomic E-state index is 0.0960. The SMILES string of the molecule is Cc1ccc(OCCC(=O)OCC(=O)c2ccc3c(c2)-c2ccccc2C3)cc1. The largest absolute Gasteiger partial charge is 0.493 e. The van der Waals surface area contributed by atoms with Crippen molar-refractivity contribution in [3.63, 3.8) is 0 Å². The smallest absolute Gasteiger partial charge is 0.309 e. The zero-order valence-electron chi connectivity index (χ0n) is 16.3. The molecule has 1 aliphatic carbocycles. The number of carbonyl (C=O) groups excluding carboxylic acids is 2. The van der Waals surface area contributed by atoms with Crippen molar-refractivity contribution >= 4 is 11.8 Å². The lowest BCUT2D eigenvalue weighted by atomic mass is 10.0. The van der Waals surface area contributed by atoms with E-state index in [1.807, 2.05) is 55.5 Å². The predicted octanol–water partition coefficient (Wildman–Crippen LogP) is 4.76. The maximum atomic E-state index is 12.5. The second-order valence-corrected chi connectivity index (χ2v) is 7.20. The number of esters is 1. The molecule has 1 aliphatic rings. The van der Waals surface area contributed by atoms with Gasteiger partial charge in [0, 0.05) is 5.56 Å². The molecular weight excluding hydrogens is 364 g/mol. The number of hydrogen-bond donors (Lipinski definition) is 0. The van der Waals surface area contributed by atoms with Crippen LogP contribution in [0.5, 0.6) is 5.75 Å². The summed E-state index contributed by atoms with van der Waals surface area (Å²) in [6.45, 7) is 1.95. The molecule has 29 heavy (non-hydrogen) atoms. The van der Waals surface area contributed by atoms with Crippen LogP contribution in [-0.2, 0) is 16.0 Å². The average molecular weight is 386 g/mol. The van der Waals surface area contributed by atoms with Crippen LogP contribution in [0.4, 0.5) is 0 Å². The van der Waals surface area contributed by atoms with Gasteiger partial charge in [-0.25, -0.2) is 0 Å². The minimum Gasteiger partial charge on any atom is -0.493 e. The Morgan fingerprint density at radius 3 is 2.48 bits per heavy atom. The lowest BCUT2D eigenvalue weighted by molar-refractivity contribution is -0.143. The zero-order valence-corrected chi connectivity index (χ0v) is 16.3. The van der Waals surface area contributed by atoms with Gasteiger partial charge in [-0.2, -0.15) is 0 Å². The highest BCUT2D eigenvalue weighted by atomic mass is 16.5. The van der Waals surface area contributed by atoms with E-state index in [0.717, 1.165) is 17.5 Å². The number of aryl methyl sites for hydroxylation is 1. The van der Waals surface area contributed by atoms with Crippen LogP contribution in [0.2, 0.25) is 0 Å². The molecule has 4 heteroatoms. The van der Waals surface area contributed by atoms with Gasteiger partial charge in [0.25, 0.3) is 0 Å². The van der Waals surface area contributed by atoms with Gasteiger partial charge < -0.3 is 9.47 Å². The fourth-order valence-corrected chi connectivity index (χ4v) is 3.49. The quantitative estimate of drug-likeness (QED) is 0.339. The number of carbonyl (C=O) groups is 2. The topological polar surface area (TPSA) is 52.6 Å². The molecule has 0 unspecified atom stereocenters. The molecule has 0 aromatic heterocycles. The molecule has 3 aromatic carbocycles. The first-order valence-electron chi connectivity index (χ1n) is 9.69. The van der Waals surface area contributed by atoms with Crippen molar-refractivity contribution in [3.8, 4) is 16.9 Å². The second-order valence-electron chi connectivity index (χ2n) is 7.20. The minimum atomic E-state index is -0.447. The molecule has 0 bridgehead atoms. The van der Waals surface area contributed by atoms with E-state index in [0.29, 0.717) is 11.3 Å². The van der Waals surface area contributed by atoms with Gasteiger partial charge in [-0.1, -0.05) is 54.1 Å². The van der Waals surface area contributed by atoms with Gasteiger partial charge in [-0.3, -0.25) is 9.59 Å². The molecule has 0 atom stereocenters. The van der Waals surface area contributed by atoms with Crippen LogP contribution in [0, 0.1) is 6.92 Å². The normalized spacial score (nSPS) is 11.5. The fourth-order valence-electron chi connectivity index (χ4n) is 3.49. The number of Topliss-reactive ketones (excluding diaryl/α,β-unsaturated/α-hetero) is 1. The first-order chi connectivity index (χ1) is 14.1. The van der Waals surface area contributed by atoms with E-state index in [2.05, 4.69) is 12.1 Å². The van der Waals surface area contributed by atoms with Crippen LogP contribution in [-0.4, -0.2) is 25.0 Å². The van der Waals surface area contributed by atoms with Gasteiger partial charge in [0.1, 0.15) is 5.75 Å². The van der Waals surface area contributed by atoms with E-state index in [9.17, 15) is 9.59 Å². The van der Waals surface area contributed by atoms with Crippen molar-refractivity contribution in [1.82, 2.24) is 0 Å². The Morgan fingerprint density at radius 1 is 0.897 bits per heavy atom. The fraction of sp³-hybridized carbons (Fsp3) is 0.200. The lowest BCUT2D eigenvalue weighted by Crippen LogP contribution is -2.16. The highest BCUT2D eigenvalue weighted by Gasteiger charge is 2.20. The number of fused-ring (bicyclic) bond motifs is 3. The second kappa shape index (κ2) is 8.31. The van der Waals surface area contributed by atoms with Crippen molar-refractivity contribution in [2.24, 2.45) is 0 Å². The number of rotatable bonds is 7. The van der Waals surface area contributed by atoms with E-state index < -0.39 is 5.97 Å². The summed E-state index contributed by atoms with van der Waals surface area (Å²) >= 11 is 0. The van der Waals surface area contributed by atoms with E-state index in [1.54, 1.807) is 6.07 Å². The van der Waals surface area contributed by atoms with Crippen LogP contribution < -0.4 is 4.74 Å². The molecule has 4 rings (SSSR count). The van der Waals surface area contributed by atoms with Crippen molar-refractivity contribution < 1.29 is 19.1 Å². The van der Waals surface area contributed by atoms with Crippen molar-refractivity contribution in [1.29, 1.82) is 0 Å². The van der Waals surface area contributed by atoms with Crippen molar-refractivity contribution in [2.75, 3.05) is 13.2 Å². The van der Waals surface area contributed by atoms with Gasteiger partial charge in [-0.15, -0.1) is 0 Å². The van der Waals surface area contributed by atoms with E-state index >= 15 is 0 Å². The van der Waals surface area contributed by atoms with Crippen LogP contribution in [0.3, 0.4) is 0 Å². The van der Waals surface area contributed by atoms with Gasteiger partial charge >= 0.3 is 5.97 Å². The van der Waals surface area contributed by atoms with Gasteiger partial charge in [0.15, 0.2) is 12.4 Å². The highest BCUT2D eigenvalue weighted by Crippen LogP contribution is 2.36. The lowest BCUT2D eigenvalue weighted by Gasteiger charge is -2.08. The average Bonchev–Trinajstić information content (AvgIpc) is 3.11. The van der Waals surface area contributed by atoms with E-state index in [1.165, 1.54) is 16.7 Å². The Morgan fingerprint density at radius 2 is 1.66 bits per heavy atom. The summed E-state index contributed by atoms with van der Waals surface area (Å²) in [5.74, 6) is 0.0554. The third-order valence-corrected chi connectivity index (χ3v) is 5.08. The summed E-state index contributed by atoms with van der Waals surface area (Å²) < 4.78 is 10.7. The summed E-state index contributed by atoms with van der Waals surface area (Å²) in [4.78, 5) is 24.4. The molecule has 0 radical (unpaired) electrons. The molecule has 0 saturated heterocycles. The molecular formula is C25H22O4. The number of benzene rings is 3. The molecule has 4 nitrogen and oxygen atoms in total. The summed E-state index contributed by atoms with van der Waals surface area (Å²) in [5.41, 5.74) is 6.45. The third-order valence-electron chi connectivity index (χ3n) is 5.08. The Kier molecular flexibility index (Phi) is 5.43. The molecule has 146 valence electrons. The maximum Gasteiger partial charge on any atom is 0.309 e. The zero-order chi connectivity index (χ0) is 20.2. The van der Waals surface area contributed by atoms with Gasteiger partial charge in [0.05, 0.1) is 13.0 Å². The Balaban J connectivity index is 1.29. The standard InChI is InChI=1S/C25H22O4/c1-17-6-10-21(11-7-17)28-13-12-25(27)29-16-24(26)20-9-8-19-14-18-4-2-3-5-22(18)23(19)15-20/h2-11,15H,12-14,16H2,1H3. The highest BCUT2D eigenvalue weighted by molar-refractivity contribution is 5.99. The number of ketones is 1. The molecule has 0 N–H and O–H groups in total. The summed E-state index contributed by atoms with van der Waals surface area (Å²) in [6.07, 6.45) is 0.981. The van der Waals surface area contributed by atoms with Gasteiger partial charge in [0.2, 0.25) is 0 Å². The predicted molar refractivity (Wildman–Crippen MR) is 111 cm³/mol. The molecule has 0 aliphatic heterocycles. The molecule has 3 aromatic rings. The summed E-state index contributed by atoms with van der Waals surface area (Å²) in [7, 11) is 0. The molecule has 0 spiro atoms. The monoisotopic (exact) mass is 386 g/mol. The number of hydrogen-bond acceptors (Lipinski definition) is 4. The van der Waals surface area contributed by atoms with Crippen LogP contribution in [0.25, 0.3) is 11.1 Å². The Bertz CT molecular complexity index is 1050. The van der Waals surface area contributed by atoms with Gasteiger partial charge in [-0.05, 0) is 53.8 Å². The number of ether oxygens (including phenoxy) is 2. The van der Waals surface area contributed by atoms with Crippen molar-refractivity contribution in [3.05, 3.63) is 89.0 Å². The van der Waals surface area contributed by atoms with Crippen LogP contribution in [0.1, 0.15) is 33.5 Å². The molecule has 0 fully saturated rings. The Labute approximate surface area is 170 Å². The third kappa shape index (κ3) is 4.37. The van der Waals surface area contributed by atoms with Crippen molar-refractivity contribution in [2.45, 2.75) is 19.8 Å². The van der Waals surface area contributed by atoms with Crippen LogP contribution in [0.15, 0.2) is 66.7 Å². The molecule has 0 saturated carbocycles. The molecule has 0 amide bonds. The Hall–Kier alpha value is -3.40. The van der Waals surface area contributed by atoms with E-state index in [-0.39, 0.29) is 25.4 Å². The van der Waals surface area contributed by atoms with Crippen LogP contribution >= 0.6 is 0 Å².